The fourth-order valence-electron chi connectivity index (χ4n) is 3.55. The van der Waals surface area contributed by atoms with E-state index in [1.54, 1.807) is 7.05 Å². The average molecular weight is 348 g/mol. The Hall–Kier alpha value is -2.89. The van der Waals surface area contributed by atoms with Gasteiger partial charge in [-0.05, 0) is 43.2 Å². The molecule has 0 fully saturated rings. The van der Waals surface area contributed by atoms with Crippen LogP contribution in [-0.2, 0) is 6.54 Å². The van der Waals surface area contributed by atoms with Crippen LogP contribution < -0.4 is 10.6 Å². The lowest BCUT2D eigenvalue weighted by atomic mass is 10.1. The summed E-state index contributed by atoms with van der Waals surface area (Å²) in [4.78, 5) is 9.47. The van der Waals surface area contributed by atoms with Gasteiger partial charge in [0.25, 0.3) is 0 Å². The highest BCUT2D eigenvalue weighted by Gasteiger charge is 2.16. The maximum Gasteiger partial charge on any atom is 0.142 e. The van der Waals surface area contributed by atoms with Crippen LogP contribution in [0.2, 0.25) is 0 Å². The summed E-state index contributed by atoms with van der Waals surface area (Å²) in [6.07, 6.45) is 6.38. The van der Waals surface area contributed by atoms with Crippen LogP contribution in [-0.4, -0.2) is 34.0 Å². The Kier molecular flexibility index (Phi) is 4.56. The molecule has 0 saturated heterocycles. The molecule has 1 aliphatic rings. The monoisotopic (exact) mass is 348 g/mol. The second-order valence-electron chi connectivity index (χ2n) is 6.66. The molecule has 2 bridgehead atoms. The molecule has 0 saturated carbocycles. The van der Waals surface area contributed by atoms with E-state index in [0.717, 1.165) is 59.7 Å². The van der Waals surface area contributed by atoms with Gasteiger partial charge in [-0.15, -0.1) is 0 Å². The minimum Gasteiger partial charge on any atom is -0.372 e. The van der Waals surface area contributed by atoms with E-state index < -0.39 is 0 Å². The molecule has 4 rings (SSSR count). The third-order valence-corrected chi connectivity index (χ3v) is 4.93. The number of fused-ring (bicyclic) bond motifs is 3. The lowest BCUT2D eigenvalue weighted by Gasteiger charge is -2.11. The summed E-state index contributed by atoms with van der Waals surface area (Å²) in [5.41, 5.74) is 3.76. The standard InChI is InChI=1S/C20H24N6/c1-22-18(21)17-13-14-8-9-16-15-7-6-11-24-19(15)23-10-4-2-3-5-12-26(17)20(14)25-16/h6-9,11,13H,2-5,10,12H2,1H3,(H2,21,22)(H,23,24). The Bertz CT molecular complexity index is 943. The molecule has 0 aromatic carbocycles. The third-order valence-electron chi connectivity index (χ3n) is 4.93. The second-order valence-corrected chi connectivity index (χ2v) is 6.66. The van der Waals surface area contributed by atoms with Gasteiger partial charge in [0.2, 0.25) is 0 Å². The highest BCUT2D eigenvalue weighted by Crippen LogP contribution is 2.28. The first-order valence-electron chi connectivity index (χ1n) is 9.24. The maximum atomic E-state index is 8.25. The number of rotatable bonds is 1. The van der Waals surface area contributed by atoms with Gasteiger partial charge < -0.3 is 15.2 Å². The van der Waals surface area contributed by atoms with Gasteiger partial charge in [0.1, 0.15) is 17.3 Å². The molecule has 3 N–H and O–H groups in total. The van der Waals surface area contributed by atoms with Crippen LogP contribution in [0.1, 0.15) is 31.4 Å². The molecule has 0 radical (unpaired) electrons. The molecule has 6 heteroatoms. The van der Waals surface area contributed by atoms with Crippen molar-refractivity contribution in [3.8, 4) is 11.3 Å². The van der Waals surface area contributed by atoms with Gasteiger partial charge in [-0.3, -0.25) is 5.41 Å². The Balaban J connectivity index is 1.90. The van der Waals surface area contributed by atoms with E-state index in [9.17, 15) is 0 Å². The molecule has 6 nitrogen and oxygen atoms in total. The quantitative estimate of drug-likeness (QED) is 0.463. The summed E-state index contributed by atoms with van der Waals surface area (Å²) < 4.78 is 2.18. The largest absolute Gasteiger partial charge is 0.372 e. The van der Waals surface area contributed by atoms with Crippen molar-refractivity contribution in [1.82, 2.24) is 19.9 Å². The lowest BCUT2D eigenvalue weighted by molar-refractivity contribution is 0.584. The van der Waals surface area contributed by atoms with Crippen molar-refractivity contribution in [3.05, 3.63) is 42.2 Å². The summed E-state index contributed by atoms with van der Waals surface area (Å²) in [5, 5.41) is 15.7. The Morgan fingerprint density at radius 1 is 1.19 bits per heavy atom. The highest BCUT2D eigenvalue weighted by atomic mass is 15.1. The van der Waals surface area contributed by atoms with Crippen LogP contribution in [0.15, 0.2) is 36.5 Å². The van der Waals surface area contributed by atoms with Crippen LogP contribution in [0.4, 0.5) is 5.82 Å². The zero-order valence-corrected chi connectivity index (χ0v) is 15.0. The van der Waals surface area contributed by atoms with Crippen LogP contribution in [0.3, 0.4) is 0 Å². The van der Waals surface area contributed by atoms with E-state index in [2.05, 4.69) is 38.4 Å². The van der Waals surface area contributed by atoms with Gasteiger partial charge in [-0.1, -0.05) is 12.8 Å². The summed E-state index contributed by atoms with van der Waals surface area (Å²) in [5.74, 6) is 1.32. The van der Waals surface area contributed by atoms with Gasteiger partial charge in [0, 0.05) is 37.3 Å². The van der Waals surface area contributed by atoms with E-state index >= 15 is 0 Å². The number of pyridine rings is 2. The highest BCUT2D eigenvalue weighted by molar-refractivity contribution is 5.99. The van der Waals surface area contributed by atoms with E-state index in [1.165, 1.54) is 12.8 Å². The molecular formula is C20H24N6. The number of nitrogens with zero attached hydrogens (tertiary/aromatic N) is 3. The number of anilines is 1. The summed E-state index contributed by atoms with van der Waals surface area (Å²) >= 11 is 0. The first-order valence-corrected chi connectivity index (χ1v) is 9.24. The number of aryl methyl sites for hydroxylation is 1. The fourth-order valence-corrected chi connectivity index (χ4v) is 3.55. The smallest absolute Gasteiger partial charge is 0.142 e. The molecule has 0 unspecified atom stereocenters. The second kappa shape index (κ2) is 7.15. The Morgan fingerprint density at radius 2 is 2.08 bits per heavy atom. The van der Waals surface area contributed by atoms with E-state index in [0.29, 0.717) is 5.84 Å². The molecule has 0 spiro atoms. The number of nitrogens with one attached hydrogen (secondary N) is 3. The van der Waals surface area contributed by atoms with E-state index in [-0.39, 0.29) is 0 Å². The van der Waals surface area contributed by atoms with E-state index in [1.807, 2.05) is 18.3 Å². The zero-order chi connectivity index (χ0) is 17.9. The van der Waals surface area contributed by atoms with Crippen LogP contribution in [0, 0.1) is 5.41 Å². The first kappa shape index (κ1) is 16.6. The summed E-state index contributed by atoms with van der Waals surface area (Å²) in [7, 11) is 1.79. The Morgan fingerprint density at radius 3 is 2.96 bits per heavy atom. The van der Waals surface area contributed by atoms with Gasteiger partial charge in [-0.25, -0.2) is 9.97 Å². The van der Waals surface area contributed by atoms with Gasteiger partial charge in [0.15, 0.2) is 0 Å². The van der Waals surface area contributed by atoms with Gasteiger partial charge in [0.05, 0.1) is 11.4 Å². The summed E-state index contributed by atoms with van der Waals surface area (Å²) in [6.45, 7) is 1.81. The molecule has 0 amide bonds. The van der Waals surface area contributed by atoms with Crippen molar-refractivity contribution >= 4 is 22.7 Å². The number of amidine groups is 1. The van der Waals surface area contributed by atoms with Crippen molar-refractivity contribution in [1.29, 1.82) is 5.41 Å². The average Bonchev–Trinajstić information content (AvgIpc) is 3.04. The first-order chi connectivity index (χ1) is 12.8. The molecule has 3 aromatic rings. The molecule has 3 aromatic heterocycles. The van der Waals surface area contributed by atoms with Crippen LogP contribution in [0.5, 0.6) is 0 Å². The molecule has 0 atom stereocenters. The number of hydrogen-bond acceptors (Lipinski definition) is 4. The molecular weight excluding hydrogens is 324 g/mol. The molecule has 134 valence electrons. The molecule has 26 heavy (non-hydrogen) atoms. The SMILES string of the molecule is CNC(=N)c1cc2ccc3nc2n1CCCCCCNc1ncccc1-3. The van der Waals surface area contributed by atoms with Crippen molar-refractivity contribution in [3.63, 3.8) is 0 Å². The molecule has 0 aliphatic carbocycles. The Labute approximate surface area is 153 Å². The van der Waals surface area contributed by atoms with Crippen LogP contribution >= 0.6 is 0 Å². The van der Waals surface area contributed by atoms with Gasteiger partial charge >= 0.3 is 0 Å². The zero-order valence-electron chi connectivity index (χ0n) is 15.0. The van der Waals surface area contributed by atoms with Crippen LogP contribution in [0.25, 0.3) is 22.3 Å². The molecule has 1 aliphatic heterocycles. The lowest BCUT2D eigenvalue weighted by Crippen LogP contribution is -2.22. The predicted molar refractivity (Wildman–Crippen MR) is 106 cm³/mol. The maximum absolute atomic E-state index is 8.25. The topological polar surface area (TPSA) is 78.6 Å². The van der Waals surface area contributed by atoms with Crippen molar-refractivity contribution in [2.24, 2.45) is 0 Å². The minimum atomic E-state index is 0.428. The van der Waals surface area contributed by atoms with Crippen molar-refractivity contribution in [2.75, 3.05) is 18.9 Å². The summed E-state index contributed by atoms with van der Waals surface area (Å²) in [6, 6.07) is 10.2. The van der Waals surface area contributed by atoms with Crippen molar-refractivity contribution in [2.45, 2.75) is 32.2 Å². The predicted octanol–water partition coefficient (Wildman–Crippen LogP) is 3.63. The normalized spacial score (nSPS) is 14.7. The minimum absolute atomic E-state index is 0.428. The number of hydrogen-bond donors (Lipinski definition) is 3. The third kappa shape index (κ3) is 3.03. The number of aromatic nitrogens is 3. The fraction of sp³-hybridized carbons (Fsp3) is 0.350. The van der Waals surface area contributed by atoms with E-state index in [4.69, 9.17) is 10.4 Å². The van der Waals surface area contributed by atoms with Crippen molar-refractivity contribution < 1.29 is 0 Å². The van der Waals surface area contributed by atoms with Gasteiger partial charge in [-0.2, -0.15) is 0 Å². The molecule has 4 heterocycles.